The number of H-pyrrole nitrogens is 1. The van der Waals surface area contributed by atoms with Crippen molar-refractivity contribution in [2.24, 2.45) is 7.05 Å². The molecule has 2 aromatic carbocycles. The van der Waals surface area contributed by atoms with Gasteiger partial charge in [0.25, 0.3) is 5.56 Å². The van der Waals surface area contributed by atoms with Crippen LogP contribution in [-0.2, 0) is 28.3 Å². The summed E-state index contributed by atoms with van der Waals surface area (Å²) >= 11 is 5.09. The van der Waals surface area contributed by atoms with Crippen LogP contribution in [0.5, 0.6) is 11.5 Å². The fourth-order valence-corrected chi connectivity index (χ4v) is 9.26. The van der Waals surface area contributed by atoms with Gasteiger partial charge in [-0.3, -0.25) is 14.3 Å². The van der Waals surface area contributed by atoms with Crippen molar-refractivity contribution < 1.29 is 22.7 Å². The minimum atomic E-state index is -3.72. The summed E-state index contributed by atoms with van der Waals surface area (Å²) in [4.78, 5) is 32.9. The van der Waals surface area contributed by atoms with E-state index in [-0.39, 0.29) is 22.2 Å². The Kier molecular flexibility index (Phi) is 14.6. The van der Waals surface area contributed by atoms with Gasteiger partial charge in [0, 0.05) is 31.4 Å². The number of hydrogen-bond donors (Lipinski definition) is 1. The number of nitrogens with one attached hydrogen (secondary N) is 1. The number of hydrogen-bond acceptors (Lipinski definition) is 11. The number of fused-ring (bicyclic) bond motifs is 1. The number of carbonyl (C=O) groups excluding carboxylic acids is 1. The molecule has 0 radical (unpaired) electrons. The van der Waals surface area contributed by atoms with E-state index < -0.39 is 10.0 Å². The molecule has 0 saturated carbocycles. The van der Waals surface area contributed by atoms with Crippen LogP contribution in [0.2, 0.25) is 0 Å². The maximum Gasteiger partial charge on any atom is 0.310 e. The van der Waals surface area contributed by atoms with Crippen LogP contribution in [0.3, 0.4) is 0 Å². The average Bonchev–Trinajstić information content (AvgIpc) is 3.69. The number of ether oxygens (including phenoxy) is 2. The Morgan fingerprint density at radius 3 is 2.33 bits per heavy atom. The van der Waals surface area contributed by atoms with Gasteiger partial charge in [0.2, 0.25) is 10.0 Å². The third kappa shape index (κ3) is 9.98. The maximum absolute atomic E-state index is 13.5. The minimum Gasteiger partial charge on any atom is -0.493 e. The molecule has 274 valence electrons. The van der Waals surface area contributed by atoms with E-state index in [2.05, 4.69) is 10.1 Å². The van der Waals surface area contributed by atoms with E-state index in [9.17, 15) is 18.0 Å². The third-order valence-electron chi connectivity index (χ3n) is 7.75. The number of unbranched alkanes of at least 4 members (excludes halogenated alkanes) is 1. The molecule has 0 unspecified atom stereocenters. The lowest BCUT2D eigenvalue weighted by atomic mass is 10.1. The Balaban J connectivity index is 0.000000286. The lowest BCUT2D eigenvalue weighted by molar-refractivity contribution is -0.134. The fraction of sp³-hybridized carbons (Fsp3) is 0.417. The molecule has 0 aliphatic rings. The molecule has 0 spiro atoms. The second-order valence-electron chi connectivity index (χ2n) is 11.6. The van der Waals surface area contributed by atoms with E-state index in [0.29, 0.717) is 60.6 Å². The van der Waals surface area contributed by atoms with Gasteiger partial charge >= 0.3 is 5.97 Å². The molecular formula is C36H45N5O6S4. The molecule has 0 atom stereocenters. The number of esters is 1. The molecular weight excluding hydrogens is 727 g/mol. The number of carbonyl (C=O) groups is 1. The van der Waals surface area contributed by atoms with E-state index in [1.165, 1.54) is 8.99 Å². The molecule has 11 nitrogen and oxygen atoms in total. The van der Waals surface area contributed by atoms with E-state index in [1.807, 2.05) is 45.9 Å². The number of nitrogens with zero attached hydrogens (tertiary/aromatic N) is 4. The Morgan fingerprint density at radius 1 is 0.980 bits per heavy atom. The summed E-state index contributed by atoms with van der Waals surface area (Å²) in [6.07, 6.45) is 4.34. The zero-order valence-corrected chi connectivity index (χ0v) is 33.1. The summed E-state index contributed by atoms with van der Waals surface area (Å²) in [5.74, 6) is 1.09. The average molecular weight is 772 g/mol. The maximum atomic E-state index is 13.5. The number of benzene rings is 2. The first kappa shape index (κ1) is 40.0. The SMILES string of the molecule is CCC(=O)Oc1ccc(-c2cc(=S)ss2)cc1.CCCCN(CCC)S(=O)(=O)c1ccc(OCC)c(-c2nc3c(CCC)nn(C)c3c(=O)[nH]2)c1. The van der Waals surface area contributed by atoms with Crippen molar-refractivity contribution in [1.29, 1.82) is 0 Å². The Bertz CT molecular complexity index is 2150. The monoisotopic (exact) mass is 771 g/mol. The summed E-state index contributed by atoms with van der Waals surface area (Å²) in [5, 5.41) is 4.46. The van der Waals surface area contributed by atoms with Crippen LogP contribution < -0.4 is 15.0 Å². The van der Waals surface area contributed by atoms with Crippen LogP contribution in [0.1, 0.15) is 72.4 Å². The van der Waals surface area contributed by atoms with Crippen LogP contribution >= 0.6 is 32.9 Å². The van der Waals surface area contributed by atoms with Crippen molar-refractivity contribution in [1.82, 2.24) is 24.1 Å². The van der Waals surface area contributed by atoms with E-state index in [4.69, 9.17) is 26.7 Å². The zero-order valence-electron chi connectivity index (χ0n) is 29.9. The molecule has 15 heteroatoms. The van der Waals surface area contributed by atoms with Gasteiger partial charge in [-0.15, -0.1) is 0 Å². The molecule has 51 heavy (non-hydrogen) atoms. The van der Waals surface area contributed by atoms with Crippen molar-refractivity contribution in [3.8, 4) is 33.3 Å². The summed E-state index contributed by atoms with van der Waals surface area (Å²) < 4.78 is 41.8. The number of aromatic nitrogens is 4. The summed E-state index contributed by atoms with van der Waals surface area (Å²) in [5.41, 5.74) is 2.85. The first-order chi connectivity index (χ1) is 24.5. The standard InChI is InChI=1S/C24H35N5O4S.C12H10O2S3/c1-6-10-15-29(14-8-3)34(31,32)17-12-13-20(33-9-4)18(16-17)23-25-21-19(11-7-2)27-28(5)22(21)24(30)26-23;1-2-11(13)14-9-5-3-8(4-6-9)10-7-12(15)17-16-10/h12-13,16H,6-11,14-15H2,1-5H3,(H,25,26,30);3-7H,2H2,1H3. The van der Waals surface area contributed by atoms with Crippen molar-refractivity contribution in [3.63, 3.8) is 0 Å². The van der Waals surface area contributed by atoms with Crippen LogP contribution in [0.15, 0.2) is 58.2 Å². The molecule has 0 amide bonds. The van der Waals surface area contributed by atoms with Gasteiger partial charge in [-0.2, -0.15) is 9.40 Å². The number of aryl methyl sites for hydroxylation is 2. The van der Waals surface area contributed by atoms with Gasteiger partial charge in [0.05, 0.1) is 22.8 Å². The largest absolute Gasteiger partial charge is 0.493 e. The van der Waals surface area contributed by atoms with Crippen molar-refractivity contribution in [2.45, 2.75) is 78.0 Å². The predicted molar refractivity (Wildman–Crippen MR) is 208 cm³/mol. The molecule has 3 aromatic heterocycles. The minimum absolute atomic E-state index is 0.151. The van der Waals surface area contributed by atoms with Crippen LogP contribution in [0, 0.1) is 3.82 Å². The van der Waals surface area contributed by atoms with Gasteiger partial charge < -0.3 is 14.5 Å². The molecule has 1 N–H and O–H groups in total. The van der Waals surface area contributed by atoms with Gasteiger partial charge in [-0.05, 0) is 80.3 Å². The molecule has 5 aromatic rings. The fourth-order valence-electron chi connectivity index (χ4n) is 5.26. The number of rotatable bonds is 15. The Labute approximate surface area is 311 Å². The molecule has 0 bridgehead atoms. The molecule has 0 aliphatic heterocycles. The van der Waals surface area contributed by atoms with Gasteiger partial charge in [0.15, 0.2) is 5.52 Å². The van der Waals surface area contributed by atoms with Gasteiger partial charge in [0.1, 0.15) is 26.7 Å². The number of sulfonamides is 1. The Hall–Kier alpha value is -3.76. The van der Waals surface area contributed by atoms with Crippen LogP contribution in [0.4, 0.5) is 0 Å². The first-order valence-corrected chi connectivity index (χ1v) is 21.1. The van der Waals surface area contributed by atoms with E-state index in [1.54, 1.807) is 65.0 Å². The third-order valence-corrected chi connectivity index (χ3v) is 12.6. The second kappa shape index (κ2) is 18.6. The van der Waals surface area contributed by atoms with E-state index in [0.717, 1.165) is 45.6 Å². The van der Waals surface area contributed by atoms with Crippen LogP contribution in [-0.4, -0.2) is 58.1 Å². The van der Waals surface area contributed by atoms with Gasteiger partial charge in [-0.25, -0.2) is 13.4 Å². The summed E-state index contributed by atoms with van der Waals surface area (Å²) in [7, 11) is 1.24. The zero-order chi connectivity index (χ0) is 37.1. The highest BCUT2D eigenvalue weighted by molar-refractivity contribution is 7.89. The van der Waals surface area contributed by atoms with Crippen molar-refractivity contribution >= 4 is 59.9 Å². The number of aromatic amines is 1. The quantitative estimate of drug-likeness (QED) is 0.0482. The molecule has 5 rings (SSSR count). The predicted octanol–water partition coefficient (Wildman–Crippen LogP) is 8.40. The Morgan fingerprint density at radius 2 is 1.73 bits per heavy atom. The highest BCUT2D eigenvalue weighted by Gasteiger charge is 2.26. The lowest BCUT2D eigenvalue weighted by Gasteiger charge is -2.22. The highest BCUT2D eigenvalue weighted by atomic mass is 32.9. The molecule has 0 saturated heterocycles. The lowest BCUT2D eigenvalue weighted by Crippen LogP contribution is -2.32. The second-order valence-corrected chi connectivity index (χ2v) is 16.5. The van der Waals surface area contributed by atoms with Crippen LogP contribution in [0.25, 0.3) is 32.9 Å². The van der Waals surface area contributed by atoms with Gasteiger partial charge in [-0.1, -0.05) is 73.4 Å². The highest BCUT2D eigenvalue weighted by Crippen LogP contribution is 2.33. The van der Waals surface area contributed by atoms with E-state index >= 15 is 0 Å². The van der Waals surface area contributed by atoms with Crippen molar-refractivity contribution in [3.05, 3.63) is 68.4 Å². The summed E-state index contributed by atoms with van der Waals surface area (Å²) in [6.45, 7) is 11.0. The normalized spacial score (nSPS) is 11.4. The topological polar surface area (TPSA) is 136 Å². The molecule has 3 heterocycles. The molecule has 0 fully saturated rings. The first-order valence-electron chi connectivity index (χ1n) is 17.1. The summed E-state index contributed by atoms with van der Waals surface area (Å²) in [6, 6.07) is 14.2. The smallest absolute Gasteiger partial charge is 0.310 e. The van der Waals surface area contributed by atoms with Crippen molar-refractivity contribution in [2.75, 3.05) is 19.7 Å². The molecule has 0 aliphatic carbocycles.